The number of alkyl halides is 3. The number of halogens is 5. The van der Waals surface area contributed by atoms with Gasteiger partial charge in [0.2, 0.25) is 5.91 Å². The van der Waals surface area contributed by atoms with Crippen LogP contribution in [0.15, 0.2) is 47.4 Å². The van der Waals surface area contributed by atoms with E-state index in [0.717, 1.165) is 27.5 Å². The molecule has 45 heavy (non-hydrogen) atoms. The van der Waals surface area contributed by atoms with E-state index in [1.54, 1.807) is 32.8 Å². The Morgan fingerprint density at radius 2 is 1.71 bits per heavy atom. The molecule has 2 aromatic carbocycles. The summed E-state index contributed by atoms with van der Waals surface area (Å²) < 4.78 is 58.1. The Bertz CT molecular complexity index is 1600. The number of aryl methyl sites for hydroxylation is 2. The third-order valence-corrected chi connectivity index (χ3v) is 7.80. The van der Waals surface area contributed by atoms with Crippen molar-refractivity contribution >= 4 is 23.5 Å². The Labute approximate surface area is 264 Å². The van der Waals surface area contributed by atoms with Gasteiger partial charge in [-0.3, -0.25) is 14.4 Å². The zero-order valence-corrected chi connectivity index (χ0v) is 26.8. The van der Waals surface area contributed by atoms with E-state index in [9.17, 15) is 32.7 Å². The zero-order chi connectivity index (χ0) is 33.8. The predicted molar refractivity (Wildman–Crippen MR) is 166 cm³/mol. The highest BCUT2D eigenvalue weighted by Crippen LogP contribution is 2.36. The quantitative estimate of drug-likeness (QED) is 0.207. The average Bonchev–Trinajstić information content (AvgIpc) is 2.91. The lowest BCUT2D eigenvalue weighted by molar-refractivity contribution is -0.139. The molecule has 2 atom stereocenters. The molecule has 0 saturated carbocycles. The lowest BCUT2D eigenvalue weighted by Crippen LogP contribution is -2.41. The number of benzene rings is 2. The Hall–Kier alpha value is -3.70. The van der Waals surface area contributed by atoms with Crippen LogP contribution in [0.5, 0.6) is 0 Å². The summed E-state index contributed by atoms with van der Waals surface area (Å²) in [6.45, 7) is 7.51. The maximum absolute atomic E-state index is 15.6. The molecular formula is C33H38ClF4N3O4. The van der Waals surface area contributed by atoms with E-state index in [-0.39, 0.29) is 41.5 Å². The van der Waals surface area contributed by atoms with Crippen LogP contribution >= 0.6 is 11.6 Å². The van der Waals surface area contributed by atoms with Gasteiger partial charge < -0.3 is 19.9 Å². The standard InChI is InChI=1S/C33H38ClF4N3O4/c1-18(2)12-27(41-17-21(10-11-40(5)6)24(15-28(41)42)33(36,37)38)32(45)39-26(16-29(43)44)23-13-22(14-25(34)31(23)35)30-19(3)8-7-9-20(30)4/h7-9,13-15,17-18,26-27H,10-12,16H2,1-6H3,(H,39,45)(H,43,44). The third-order valence-electron chi connectivity index (χ3n) is 7.53. The number of aliphatic carboxylic acids is 1. The van der Waals surface area contributed by atoms with E-state index in [0.29, 0.717) is 11.6 Å². The van der Waals surface area contributed by atoms with Crippen LogP contribution < -0.4 is 10.9 Å². The average molecular weight is 652 g/mol. The number of hydrogen-bond donors (Lipinski definition) is 2. The van der Waals surface area contributed by atoms with Crippen molar-refractivity contribution in [3.05, 3.63) is 91.6 Å². The minimum atomic E-state index is -4.79. The number of aromatic nitrogens is 1. The molecule has 2 unspecified atom stereocenters. The molecule has 0 saturated heterocycles. The highest BCUT2D eigenvalue weighted by atomic mass is 35.5. The number of carboxylic acid groups (broad SMARTS) is 1. The monoisotopic (exact) mass is 651 g/mol. The summed E-state index contributed by atoms with van der Waals surface area (Å²) in [7, 11) is 3.39. The number of amides is 1. The fraction of sp³-hybridized carbons (Fsp3) is 0.424. The second-order valence-corrected chi connectivity index (χ2v) is 12.3. The summed E-state index contributed by atoms with van der Waals surface area (Å²) in [5.41, 5.74) is 0.539. The fourth-order valence-corrected chi connectivity index (χ4v) is 5.62. The molecule has 7 nitrogen and oxygen atoms in total. The predicted octanol–water partition coefficient (Wildman–Crippen LogP) is 6.97. The van der Waals surface area contributed by atoms with Crippen LogP contribution in [0.1, 0.15) is 66.6 Å². The largest absolute Gasteiger partial charge is 0.481 e. The lowest BCUT2D eigenvalue weighted by atomic mass is 9.92. The molecule has 1 aromatic heterocycles. The molecule has 244 valence electrons. The first-order chi connectivity index (χ1) is 20.9. The number of carbonyl (C=O) groups is 2. The second-order valence-electron chi connectivity index (χ2n) is 11.9. The van der Waals surface area contributed by atoms with Crippen LogP contribution in [0.4, 0.5) is 17.6 Å². The van der Waals surface area contributed by atoms with Gasteiger partial charge in [0.1, 0.15) is 11.9 Å². The number of likely N-dealkylation sites (N-methyl/N-ethyl adjacent to an activating group) is 1. The van der Waals surface area contributed by atoms with Crippen molar-refractivity contribution in [2.75, 3.05) is 20.6 Å². The Balaban J connectivity index is 2.14. The number of carbonyl (C=O) groups excluding carboxylic acids is 1. The normalized spacial score (nSPS) is 13.3. The summed E-state index contributed by atoms with van der Waals surface area (Å²) in [6, 6.07) is 6.20. The molecule has 1 heterocycles. The summed E-state index contributed by atoms with van der Waals surface area (Å²) in [6.07, 6.45) is -4.48. The number of hydrogen-bond acceptors (Lipinski definition) is 4. The van der Waals surface area contributed by atoms with Crippen LogP contribution in [0, 0.1) is 25.6 Å². The molecule has 0 fully saturated rings. The van der Waals surface area contributed by atoms with Crippen molar-refractivity contribution in [2.45, 2.75) is 65.2 Å². The number of rotatable bonds is 12. The maximum Gasteiger partial charge on any atom is 0.416 e. The van der Waals surface area contributed by atoms with Gasteiger partial charge in [-0.25, -0.2) is 4.39 Å². The van der Waals surface area contributed by atoms with Crippen LogP contribution in [0.25, 0.3) is 11.1 Å². The smallest absolute Gasteiger partial charge is 0.416 e. The summed E-state index contributed by atoms with van der Waals surface area (Å²) in [4.78, 5) is 40.6. The molecule has 3 rings (SSSR count). The van der Waals surface area contributed by atoms with Gasteiger partial charge in [0, 0.05) is 24.4 Å². The second kappa shape index (κ2) is 14.6. The van der Waals surface area contributed by atoms with E-state index in [1.807, 2.05) is 32.0 Å². The van der Waals surface area contributed by atoms with E-state index >= 15 is 4.39 Å². The molecule has 0 aliphatic heterocycles. The van der Waals surface area contributed by atoms with Crippen LogP contribution in [0.3, 0.4) is 0 Å². The summed E-state index contributed by atoms with van der Waals surface area (Å²) in [5.74, 6) is -3.30. The molecule has 0 aliphatic rings. The number of nitrogens with one attached hydrogen (secondary N) is 1. The van der Waals surface area contributed by atoms with Gasteiger partial charge in [0.05, 0.1) is 23.0 Å². The Kier molecular flexibility index (Phi) is 11.6. The molecule has 12 heteroatoms. The zero-order valence-electron chi connectivity index (χ0n) is 26.1. The topological polar surface area (TPSA) is 91.6 Å². The van der Waals surface area contributed by atoms with E-state index in [4.69, 9.17) is 11.6 Å². The van der Waals surface area contributed by atoms with Crippen molar-refractivity contribution in [3.63, 3.8) is 0 Å². The van der Waals surface area contributed by atoms with Gasteiger partial charge in [-0.15, -0.1) is 0 Å². The first-order valence-electron chi connectivity index (χ1n) is 14.4. The Morgan fingerprint density at radius 1 is 1.09 bits per heavy atom. The highest BCUT2D eigenvalue weighted by Gasteiger charge is 2.36. The van der Waals surface area contributed by atoms with E-state index in [1.165, 1.54) is 12.1 Å². The van der Waals surface area contributed by atoms with Gasteiger partial charge in [-0.1, -0.05) is 43.6 Å². The van der Waals surface area contributed by atoms with Gasteiger partial charge in [0.25, 0.3) is 5.56 Å². The molecule has 0 radical (unpaired) electrons. The highest BCUT2D eigenvalue weighted by molar-refractivity contribution is 6.31. The molecule has 1 amide bonds. The molecule has 0 aliphatic carbocycles. The minimum absolute atomic E-state index is 0.0374. The van der Waals surface area contributed by atoms with Gasteiger partial charge >= 0.3 is 12.1 Å². The van der Waals surface area contributed by atoms with Crippen molar-refractivity contribution < 1.29 is 32.3 Å². The SMILES string of the molecule is Cc1cccc(C)c1-c1cc(Cl)c(F)c(C(CC(=O)O)NC(=O)C(CC(C)C)n2cc(CCN(C)C)c(C(F)(F)F)cc2=O)c1. The molecule has 3 aromatic rings. The first-order valence-corrected chi connectivity index (χ1v) is 14.8. The van der Waals surface area contributed by atoms with Gasteiger partial charge in [0.15, 0.2) is 0 Å². The van der Waals surface area contributed by atoms with Crippen LogP contribution in [-0.2, 0) is 22.2 Å². The van der Waals surface area contributed by atoms with Gasteiger partial charge in [-0.05, 0) is 86.7 Å². The van der Waals surface area contributed by atoms with E-state index in [2.05, 4.69) is 5.32 Å². The number of nitrogens with zero attached hydrogens (tertiary/aromatic N) is 2. The van der Waals surface area contributed by atoms with Crippen molar-refractivity contribution in [1.29, 1.82) is 0 Å². The summed E-state index contributed by atoms with van der Waals surface area (Å²) in [5, 5.41) is 12.0. The van der Waals surface area contributed by atoms with Crippen LogP contribution in [-0.4, -0.2) is 47.1 Å². The van der Waals surface area contributed by atoms with Crippen LogP contribution in [0.2, 0.25) is 5.02 Å². The van der Waals surface area contributed by atoms with Crippen molar-refractivity contribution in [3.8, 4) is 11.1 Å². The van der Waals surface area contributed by atoms with Gasteiger partial charge in [-0.2, -0.15) is 13.2 Å². The molecule has 0 spiro atoms. The number of carboxylic acids is 1. The van der Waals surface area contributed by atoms with Crippen molar-refractivity contribution in [2.24, 2.45) is 5.92 Å². The lowest BCUT2D eigenvalue weighted by Gasteiger charge is -2.27. The molecule has 2 N–H and O–H groups in total. The summed E-state index contributed by atoms with van der Waals surface area (Å²) >= 11 is 6.28. The molecular weight excluding hydrogens is 614 g/mol. The fourth-order valence-electron chi connectivity index (χ4n) is 5.40. The first kappa shape index (κ1) is 35.8. The Morgan fingerprint density at radius 3 is 2.24 bits per heavy atom. The number of pyridine rings is 1. The van der Waals surface area contributed by atoms with E-state index < -0.39 is 53.5 Å². The third kappa shape index (κ3) is 8.94. The van der Waals surface area contributed by atoms with Crippen molar-refractivity contribution in [1.82, 2.24) is 14.8 Å². The minimum Gasteiger partial charge on any atom is -0.481 e. The maximum atomic E-state index is 15.6. The molecule has 0 bridgehead atoms.